The Morgan fingerprint density at radius 1 is 1.16 bits per heavy atom. The summed E-state index contributed by atoms with van der Waals surface area (Å²) < 4.78 is 26.7. The van der Waals surface area contributed by atoms with E-state index in [2.05, 4.69) is 26.2 Å². The van der Waals surface area contributed by atoms with Crippen molar-refractivity contribution in [2.24, 2.45) is 0 Å². The maximum atomic E-state index is 12.9. The highest BCUT2D eigenvalue weighted by Gasteiger charge is 2.21. The van der Waals surface area contributed by atoms with Gasteiger partial charge in [0.25, 0.3) is 12.3 Å². The van der Waals surface area contributed by atoms with Crippen LogP contribution >= 0.6 is 27.3 Å². The fraction of sp³-hybridized carbons (Fsp3) is 0.111. The summed E-state index contributed by atoms with van der Waals surface area (Å²) in [6, 6.07) is 15.0. The van der Waals surface area contributed by atoms with E-state index in [-0.39, 0.29) is 10.7 Å². The number of para-hydroxylation sites is 1. The van der Waals surface area contributed by atoms with E-state index in [0.29, 0.717) is 10.6 Å². The van der Waals surface area contributed by atoms with E-state index in [1.165, 1.54) is 6.92 Å². The van der Waals surface area contributed by atoms with Crippen LogP contribution in [0.3, 0.4) is 0 Å². The first-order valence-electron chi connectivity index (χ1n) is 7.37. The van der Waals surface area contributed by atoms with Crippen LogP contribution < -0.4 is 5.32 Å². The van der Waals surface area contributed by atoms with Gasteiger partial charge < -0.3 is 5.32 Å². The highest BCUT2D eigenvalue weighted by Crippen LogP contribution is 2.31. The minimum atomic E-state index is -2.69. The molecule has 0 saturated heterocycles. The summed E-state index contributed by atoms with van der Waals surface area (Å²) in [6.45, 7) is 1.53. The number of amides is 1. The van der Waals surface area contributed by atoms with E-state index in [1.54, 1.807) is 12.1 Å². The first-order chi connectivity index (χ1) is 12.0. The Hall–Kier alpha value is -2.12. The lowest BCUT2D eigenvalue weighted by molar-refractivity contribution is 0.102. The van der Waals surface area contributed by atoms with Gasteiger partial charge in [0.05, 0.1) is 0 Å². The second kappa shape index (κ2) is 7.41. The van der Waals surface area contributed by atoms with Gasteiger partial charge in [0, 0.05) is 20.6 Å². The summed E-state index contributed by atoms with van der Waals surface area (Å²) in [5, 5.41) is 2.80. The van der Waals surface area contributed by atoms with Crippen molar-refractivity contribution in [1.82, 2.24) is 4.98 Å². The van der Waals surface area contributed by atoms with Crippen molar-refractivity contribution < 1.29 is 13.6 Å². The predicted molar refractivity (Wildman–Crippen MR) is 99.3 cm³/mol. The quantitative estimate of drug-likeness (QED) is 0.554. The molecule has 0 aliphatic rings. The standard InChI is InChI=1S/C18H13BrF2N2OS/c1-10-15(16(20)21)23-18(25-10)17(24)22-14-5-3-2-4-13(14)11-6-8-12(19)9-7-11/h2-9,16H,1H3,(H,22,24). The number of carbonyl (C=O) groups excluding carboxylic acids is 1. The summed E-state index contributed by atoms with van der Waals surface area (Å²) in [7, 11) is 0. The fourth-order valence-electron chi connectivity index (χ4n) is 2.36. The molecule has 0 atom stereocenters. The average Bonchev–Trinajstić information content (AvgIpc) is 2.98. The molecule has 0 unspecified atom stereocenters. The van der Waals surface area contributed by atoms with Crippen molar-refractivity contribution in [1.29, 1.82) is 0 Å². The van der Waals surface area contributed by atoms with E-state index in [0.717, 1.165) is 26.9 Å². The van der Waals surface area contributed by atoms with Gasteiger partial charge in [0.15, 0.2) is 5.01 Å². The maximum absolute atomic E-state index is 12.9. The molecule has 0 aliphatic carbocycles. The van der Waals surface area contributed by atoms with Crippen molar-refractivity contribution in [2.75, 3.05) is 5.32 Å². The van der Waals surface area contributed by atoms with E-state index in [9.17, 15) is 13.6 Å². The molecular weight excluding hydrogens is 410 g/mol. The number of hydrogen-bond acceptors (Lipinski definition) is 3. The number of aryl methyl sites for hydroxylation is 1. The third-order valence-electron chi connectivity index (χ3n) is 3.56. The minimum absolute atomic E-state index is 0.0263. The molecule has 0 fully saturated rings. The van der Waals surface area contributed by atoms with E-state index < -0.39 is 12.3 Å². The van der Waals surface area contributed by atoms with Gasteiger partial charge in [0.2, 0.25) is 0 Å². The molecule has 2 aromatic carbocycles. The molecule has 0 spiro atoms. The third-order valence-corrected chi connectivity index (χ3v) is 5.08. The van der Waals surface area contributed by atoms with Gasteiger partial charge in [-0.25, -0.2) is 13.8 Å². The predicted octanol–water partition coefficient (Wildman–Crippen LogP) is 6.07. The number of thiazole rings is 1. The summed E-state index contributed by atoms with van der Waals surface area (Å²) >= 11 is 4.35. The number of rotatable bonds is 4. The van der Waals surface area contributed by atoms with Crippen LogP contribution in [-0.4, -0.2) is 10.9 Å². The van der Waals surface area contributed by atoms with Gasteiger partial charge >= 0.3 is 0 Å². The number of aromatic nitrogens is 1. The molecule has 3 nitrogen and oxygen atoms in total. The summed E-state index contributed by atoms with van der Waals surface area (Å²) in [5.41, 5.74) is 2.03. The number of nitrogens with one attached hydrogen (secondary N) is 1. The van der Waals surface area contributed by atoms with Crippen LogP contribution in [-0.2, 0) is 0 Å². The normalized spacial score (nSPS) is 10.9. The zero-order valence-corrected chi connectivity index (χ0v) is 15.5. The summed E-state index contributed by atoms with van der Waals surface area (Å²) in [6.07, 6.45) is -2.69. The van der Waals surface area contributed by atoms with Crippen molar-refractivity contribution >= 4 is 38.9 Å². The number of carbonyl (C=O) groups is 1. The van der Waals surface area contributed by atoms with Crippen LogP contribution in [0.4, 0.5) is 14.5 Å². The second-order valence-electron chi connectivity index (χ2n) is 5.27. The van der Waals surface area contributed by atoms with Crippen LogP contribution in [0.5, 0.6) is 0 Å². The number of alkyl halides is 2. The summed E-state index contributed by atoms with van der Waals surface area (Å²) in [4.78, 5) is 16.5. The number of hydrogen-bond donors (Lipinski definition) is 1. The molecule has 0 saturated carbocycles. The molecule has 1 amide bonds. The molecule has 1 N–H and O–H groups in total. The van der Waals surface area contributed by atoms with Gasteiger partial charge in [-0.3, -0.25) is 4.79 Å². The lowest BCUT2D eigenvalue weighted by Gasteiger charge is -2.10. The van der Waals surface area contributed by atoms with Gasteiger partial charge in [-0.2, -0.15) is 0 Å². The monoisotopic (exact) mass is 422 g/mol. The first-order valence-corrected chi connectivity index (χ1v) is 8.98. The summed E-state index contributed by atoms with van der Waals surface area (Å²) in [5.74, 6) is -0.496. The Morgan fingerprint density at radius 3 is 2.48 bits per heavy atom. The van der Waals surface area contributed by atoms with Crippen LogP contribution in [0.2, 0.25) is 0 Å². The average molecular weight is 423 g/mol. The molecule has 3 aromatic rings. The Bertz CT molecular complexity index is 910. The first kappa shape index (κ1) is 17.7. The largest absolute Gasteiger partial charge is 0.319 e. The van der Waals surface area contributed by atoms with Crippen molar-refractivity contribution in [3.05, 3.63) is 68.6 Å². The van der Waals surface area contributed by atoms with E-state index in [4.69, 9.17) is 0 Å². The molecule has 0 radical (unpaired) electrons. The zero-order chi connectivity index (χ0) is 18.0. The molecule has 1 aromatic heterocycles. The number of nitrogens with zero attached hydrogens (tertiary/aromatic N) is 1. The van der Waals surface area contributed by atoms with E-state index in [1.807, 2.05) is 36.4 Å². The number of benzene rings is 2. The van der Waals surface area contributed by atoms with Crippen molar-refractivity contribution in [3.8, 4) is 11.1 Å². The highest BCUT2D eigenvalue weighted by molar-refractivity contribution is 9.10. The molecular formula is C18H13BrF2N2OS. The van der Waals surface area contributed by atoms with Crippen LogP contribution in [0, 0.1) is 6.92 Å². The second-order valence-corrected chi connectivity index (χ2v) is 7.39. The molecule has 128 valence electrons. The zero-order valence-electron chi connectivity index (χ0n) is 13.1. The molecule has 0 aliphatic heterocycles. The molecule has 3 rings (SSSR count). The van der Waals surface area contributed by atoms with E-state index >= 15 is 0 Å². The minimum Gasteiger partial charge on any atom is -0.319 e. The van der Waals surface area contributed by atoms with Crippen LogP contribution in [0.25, 0.3) is 11.1 Å². The van der Waals surface area contributed by atoms with Gasteiger partial charge in [-0.1, -0.05) is 46.3 Å². The van der Waals surface area contributed by atoms with Gasteiger partial charge in [-0.05, 0) is 30.7 Å². The molecule has 7 heteroatoms. The third kappa shape index (κ3) is 3.93. The maximum Gasteiger partial charge on any atom is 0.284 e. The molecule has 0 bridgehead atoms. The smallest absolute Gasteiger partial charge is 0.284 e. The fourth-order valence-corrected chi connectivity index (χ4v) is 3.44. The number of halogens is 3. The SMILES string of the molecule is Cc1sc(C(=O)Nc2ccccc2-c2ccc(Br)cc2)nc1C(F)F. The Labute approximate surface area is 155 Å². The van der Waals surface area contributed by atoms with Crippen molar-refractivity contribution in [3.63, 3.8) is 0 Å². The topological polar surface area (TPSA) is 42.0 Å². The molecule has 1 heterocycles. The molecule has 25 heavy (non-hydrogen) atoms. The number of anilines is 1. The Balaban J connectivity index is 1.89. The van der Waals surface area contributed by atoms with Gasteiger partial charge in [0.1, 0.15) is 5.69 Å². The van der Waals surface area contributed by atoms with Crippen molar-refractivity contribution in [2.45, 2.75) is 13.3 Å². The lowest BCUT2D eigenvalue weighted by Crippen LogP contribution is -2.12. The van der Waals surface area contributed by atoms with Crippen LogP contribution in [0.1, 0.15) is 26.8 Å². The Kier molecular flexibility index (Phi) is 5.24. The lowest BCUT2D eigenvalue weighted by atomic mass is 10.0. The van der Waals surface area contributed by atoms with Crippen LogP contribution in [0.15, 0.2) is 53.0 Å². The van der Waals surface area contributed by atoms with Gasteiger partial charge in [-0.15, -0.1) is 11.3 Å². The Morgan fingerprint density at radius 2 is 1.84 bits per heavy atom. The highest BCUT2D eigenvalue weighted by atomic mass is 79.9.